The Morgan fingerprint density at radius 3 is 2.83 bits per heavy atom. The molecular formula is C19H15FN4. The van der Waals surface area contributed by atoms with Crippen LogP contribution in [0.3, 0.4) is 0 Å². The van der Waals surface area contributed by atoms with Crippen molar-refractivity contribution in [1.29, 1.82) is 0 Å². The van der Waals surface area contributed by atoms with E-state index in [4.69, 9.17) is 0 Å². The number of aromatic amines is 1. The van der Waals surface area contributed by atoms with Crippen LogP contribution in [0.5, 0.6) is 0 Å². The second-order valence-corrected chi connectivity index (χ2v) is 6.26. The fourth-order valence-electron chi connectivity index (χ4n) is 3.37. The Morgan fingerprint density at radius 1 is 1.08 bits per heavy atom. The van der Waals surface area contributed by atoms with Crippen molar-refractivity contribution in [3.8, 4) is 0 Å². The highest BCUT2D eigenvalue weighted by Crippen LogP contribution is 2.43. The molecule has 5 heteroatoms. The van der Waals surface area contributed by atoms with Gasteiger partial charge < -0.3 is 10.3 Å². The summed E-state index contributed by atoms with van der Waals surface area (Å²) in [6.07, 6.45) is 2.62. The van der Waals surface area contributed by atoms with Gasteiger partial charge in [0.05, 0.1) is 0 Å². The van der Waals surface area contributed by atoms with E-state index in [9.17, 15) is 4.39 Å². The predicted molar refractivity (Wildman–Crippen MR) is 92.6 cm³/mol. The van der Waals surface area contributed by atoms with Gasteiger partial charge in [0.25, 0.3) is 0 Å². The lowest BCUT2D eigenvalue weighted by Gasteiger charge is -2.06. The van der Waals surface area contributed by atoms with Gasteiger partial charge in [0, 0.05) is 22.9 Å². The minimum Gasteiger partial charge on any atom is -0.365 e. The molecule has 1 fully saturated rings. The molecule has 24 heavy (non-hydrogen) atoms. The van der Waals surface area contributed by atoms with Crippen LogP contribution < -0.4 is 5.32 Å². The van der Waals surface area contributed by atoms with Crippen molar-refractivity contribution in [3.63, 3.8) is 0 Å². The van der Waals surface area contributed by atoms with Gasteiger partial charge in [0.15, 0.2) is 5.82 Å². The van der Waals surface area contributed by atoms with E-state index in [1.54, 1.807) is 6.07 Å². The van der Waals surface area contributed by atoms with Crippen molar-refractivity contribution in [2.24, 2.45) is 0 Å². The molecule has 0 spiro atoms. The van der Waals surface area contributed by atoms with Crippen molar-refractivity contribution in [2.45, 2.75) is 18.4 Å². The number of H-pyrrole nitrogens is 1. The van der Waals surface area contributed by atoms with E-state index in [1.807, 2.05) is 6.07 Å². The Balaban J connectivity index is 1.51. The Bertz CT molecular complexity index is 1040. The maximum absolute atomic E-state index is 13.5. The average molecular weight is 318 g/mol. The molecule has 0 aliphatic heterocycles. The predicted octanol–water partition coefficient (Wildman–Crippen LogP) is 4.22. The lowest BCUT2D eigenvalue weighted by atomic mass is 10.1. The van der Waals surface area contributed by atoms with Crippen molar-refractivity contribution in [3.05, 3.63) is 66.2 Å². The first kappa shape index (κ1) is 13.5. The summed E-state index contributed by atoms with van der Waals surface area (Å²) in [5.74, 6) is 1.03. The van der Waals surface area contributed by atoms with Gasteiger partial charge in [-0.25, -0.2) is 14.4 Å². The van der Waals surface area contributed by atoms with Gasteiger partial charge in [-0.05, 0) is 30.2 Å². The van der Waals surface area contributed by atoms with E-state index in [0.717, 1.165) is 34.2 Å². The normalized spacial score (nSPS) is 19.7. The molecule has 5 rings (SSSR count). The number of aromatic nitrogens is 3. The van der Waals surface area contributed by atoms with Crippen LogP contribution in [0.25, 0.3) is 21.9 Å². The summed E-state index contributed by atoms with van der Waals surface area (Å²) in [5.41, 5.74) is 3.79. The van der Waals surface area contributed by atoms with Gasteiger partial charge >= 0.3 is 0 Å². The number of hydrogen-bond donors (Lipinski definition) is 2. The highest BCUT2D eigenvalue weighted by Gasteiger charge is 2.38. The Kier molecular flexibility index (Phi) is 2.82. The van der Waals surface area contributed by atoms with E-state index >= 15 is 0 Å². The molecule has 2 heterocycles. The molecule has 0 radical (unpaired) electrons. The highest BCUT2D eigenvalue weighted by molar-refractivity contribution is 6.08. The van der Waals surface area contributed by atoms with E-state index < -0.39 is 0 Å². The van der Waals surface area contributed by atoms with Crippen LogP contribution in [0.15, 0.2) is 54.9 Å². The lowest BCUT2D eigenvalue weighted by Crippen LogP contribution is -2.06. The molecule has 0 saturated heterocycles. The first-order valence-corrected chi connectivity index (χ1v) is 8.03. The van der Waals surface area contributed by atoms with Crippen molar-refractivity contribution in [2.75, 3.05) is 5.32 Å². The number of nitrogens with zero attached hydrogens (tertiary/aromatic N) is 2. The molecular weight excluding hydrogens is 303 g/mol. The molecule has 2 aromatic heterocycles. The number of halogens is 1. The number of nitrogens with one attached hydrogen (secondary N) is 2. The van der Waals surface area contributed by atoms with Crippen LogP contribution in [0.1, 0.15) is 17.9 Å². The summed E-state index contributed by atoms with van der Waals surface area (Å²) in [4.78, 5) is 12.0. The maximum Gasteiger partial charge on any atom is 0.154 e. The summed E-state index contributed by atoms with van der Waals surface area (Å²) in [6, 6.07) is 15.6. The van der Waals surface area contributed by atoms with Crippen molar-refractivity contribution < 1.29 is 4.39 Å². The topological polar surface area (TPSA) is 53.6 Å². The van der Waals surface area contributed by atoms with Crippen molar-refractivity contribution in [1.82, 2.24) is 15.0 Å². The van der Waals surface area contributed by atoms with Gasteiger partial charge in [0.2, 0.25) is 0 Å². The van der Waals surface area contributed by atoms with Crippen LogP contribution >= 0.6 is 0 Å². The molecule has 1 saturated carbocycles. The second-order valence-electron chi connectivity index (χ2n) is 6.26. The maximum atomic E-state index is 13.5. The number of hydrogen-bond acceptors (Lipinski definition) is 3. The zero-order valence-electron chi connectivity index (χ0n) is 12.8. The Labute approximate surface area is 137 Å². The molecule has 2 atom stereocenters. The quantitative estimate of drug-likeness (QED) is 0.595. The van der Waals surface area contributed by atoms with Crippen LogP contribution in [-0.2, 0) is 0 Å². The summed E-state index contributed by atoms with van der Waals surface area (Å²) in [6.45, 7) is 0. The van der Waals surface area contributed by atoms with Gasteiger partial charge in [0.1, 0.15) is 23.2 Å². The molecule has 118 valence electrons. The first-order chi connectivity index (χ1) is 11.8. The molecule has 4 aromatic rings. The lowest BCUT2D eigenvalue weighted by molar-refractivity contribution is 0.630. The molecule has 2 aromatic carbocycles. The molecule has 2 unspecified atom stereocenters. The smallest absolute Gasteiger partial charge is 0.154 e. The van der Waals surface area contributed by atoms with Gasteiger partial charge in [-0.15, -0.1) is 0 Å². The molecule has 0 bridgehead atoms. The summed E-state index contributed by atoms with van der Waals surface area (Å²) in [7, 11) is 0. The molecule has 4 nitrogen and oxygen atoms in total. The number of rotatable bonds is 3. The van der Waals surface area contributed by atoms with Gasteiger partial charge in [-0.1, -0.05) is 30.3 Å². The fourth-order valence-corrected chi connectivity index (χ4v) is 3.37. The second kappa shape index (κ2) is 5.03. The molecule has 1 aliphatic carbocycles. The number of fused-ring (bicyclic) bond motifs is 3. The van der Waals surface area contributed by atoms with Gasteiger partial charge in [-0.3, -0.25) is 0 Å². The zero-order valence-corrected chi connectivity index (χ0v) is 12.8. The third-order valence-corrected chi connectivity index (χ3v) is 4.68. The molecule has 2 N–H and O–H groups in total. The third kappa shape index (κ3) is 2.12. The van der Waals surface area contributed by atoms with Gasteiger partial charge in [-0.2, -0.15) is 0 Å². The van der Waals surface area contributed by atoms with E-state index in [1.165, 1.54) is 24.0 Å². The number of benzene rings is 2. The third-order valence-electron chi connectivity index (χ3n) is 4.68. The summed E-state index contributed by atoms with van der Waals surface area (Å²) >= 11 is 0. The summed E-state index contributed by atoms with van der Waals surface area (Å²) in [5, 5.41) is 4.29. The molecule has 1 aliphatic rings. The van der Waals surface area contributed by atoms with E-state index in [2.05, 4.69) is 44.5 Å². The van der Waals surface area contributed by atoms with Crippen molar-refractivity contribution >= 4 is 27.8 Å². The summed E-state index contributed by atoms with van der Waals surface area (Å²) < 4.78 is 13.5. The van der Waals surface area contributed by atoms with Crippen LogP contribution in [-0.4, -0.2) is 21.0 Å². The molecule has 0 amide bonds. The Hall–Kier alpha value is -2.95. The minimum absolute atomic E-state index is 0.261. The average Bonchev–Trinajstić information content (AvgIpc) is 3.28. The fraction of sp³-hybridized carbons (Fsp3) is 0.158. The first-order valence-electron chi connectivity index (χ1n) is 8.03. The largest absolute Gasteiger partial charge is 0.365 e. The highest BCUT2D eigenvalue weighted by atomic mass is 19.1. The van der Waals surface area contributed by atoms with E-state index in [0.29, 0.717) is 12.0 Å². The van der Waals surface area contributed by atoms with Crippen LogP contribution in [0.4, 0.5) is 10.2 Å². The standard InChI is InChI=1S/C19H15FN4/c20-12-6-7-15-14(8-12)17-18(23-15)19(22-10-21-17)24-16-9-13(16)11-4-2-1-3-5-11/h1-8,10,13,16,23H,9H2,(H,21,22,24). The SMILES string of the molecule is Fc1ccc2[nH]c3c(NC4CC4c4ccccc4)ncnc3c2c1. The minimum atomic E-state index is -0.261. The zero-order chi connectivity index (χ0) is 16.1. The van der Waals surface area contributed by atoms with Crippen LogP contribution in [0, 0.1) is 5.82 Å². The Morgan fingerprint density at radius 2 is 1.96 bits per heavy atom. The van der Waals surface area contributed by atoms with E-state index in [-0.39, 0.29) is 5.82 Å². The monoisotopic (exact) mass is 318 g/mol. The van der Waals surface area contributed by atoms with Crippen LogP contribution in [0.2, 0.25) is 0 Å². The number of anilines is 1.